The van der Waals surface area contributed by atoms with Gasteiger partial charge in [-0.2, -0.15) is 0 Å². The van der Waals surface area contributed by atoms with Gasteiger partial charge < -0.3 is 30.3 Å². The van der Waals surface area contributed by atoms with Gasteiger partial charge in [0.2, 0.25) is 0 Å². The first-order valence-corrected chi connectivity index (χ1v) is 5.81. The van der Waals surface area contributed by atoms with Crippen molar-refractivity contribution in [3.63, 3.8) is 0 Å². The summed E-state index contributed by atoms with van der Waals surface area (Å²) in [6, 6.07) is 0. The van der Waals surface area contributed by atoms with Crippen molar-refractivity contribution >= 4 is 11.9 Å². The van der Waals surface area contributed by atoms with Crippen LogP contribution in [0.1, 0.15) is 13.8 Å². The number of hydrogen-bond donors (Lipinski definition) is 4. The molecule has 0 bridgehead atoms. The van der Waals surface area contributed by atoms with E-state index in [1.165, 1.54) is 13.8 Å². The predicted molar refractivity (Wildman–Crippen MR) is 63.5 cm³/mol. The maximum Gasteiger partial charge on any atom is 0.352 e. The summed E-state index contributed by atoms with van der Waals surface area (Å²) in [7, 11) is 0. The van der Waals surface area contributed by atoms with Gasteiger partial charge in [0.05, 0.1) is 13.2 Å². The third kappa shape index (κ3) is 4.11. The topological polar surface area (TPSA) is 117 Å². The highest BCUT2D eigenvalue weighted by Crippen LogP contribution is 2.23. The Morgan fingerprint density at radius 1 is 1.05 bits per heavy atom. The minimum absolute atomic E-state index is 0.0635. The van der Waals surface area contributed by atoms with Crippen LogP contribution in [0.25, 0.3) is 0 Å². The minimum atomic E-state index is -1.31. The predicted octanol–water partition coefficient (Wildman–Crippen LogP) is -1.80. The summed E-state index contributed by atoms with van der Waals surface area (Å²) in [6.07, 6.45) is 0. The van der Waals surface area contributed by atoms with Crippen molar-refractivity contribution < 1.29 is 29.3 Å². The number of carbonyl (C=O) groups is 2. The van der Waals surface area contributed by atoms with Crippen molar-refractivity contribution in [3.05, 3.63) is 11.4 Å². The van der Waals surface area contributed by atoms with Gasteiger partial charge >= 0.3 is 11.9 Å². The third-order valence-corrected chi connectivity index (χ3v) is 2.16. The van der Waals surface area contributed by atoms with Crippen LogP contribution in [0.3, 0.4) is 0 Å². The van der Waals surface area contributed by atoms with E-state index in [0.717, 1.165) is 0 Å². The first-order chi connectivity index (χ1) is 8.91. The zero-order chi connectivity index (χ0) is 14.5. The van der Waals surface area contributed by atoms with Gasteiger partial charge in [0, 0.05) is 26.9 Å². The number of nitrogens with one attached hydrogen (secondary N) is 2. The molecule has 1 aliphatic heterocycles. The number of rotatable bonds is 6. The van der Waals surface area contributed by atoms with Crippen LogP contribution in [0.4, 0.5) is 0 Å². The van der Waals surface area contributed by atoms with E-state index in [4.69, 9.17) is 19.7 Å². The molecule has 108 valence electrons. The Balaban J connectivity index is 2.98. The molecule has 8 heteroatoms. The van der Waals surface area contributed by atoms with Gasteiger partial charge in [0.25, 0.3) is 5.79 Å². The average Bonchev–Trinajstić information content (AvgIpc) is 2.29. The fourth-order valence-corrected chi connectivity index (χ4v) is 1.46. The lowest BCUT2D eigenvalue weighted by Crippen LogP contribution is -2.45. The largest absolute Gasteiger partial charge is 0.419 e. The molecular weight excluding hydrogens is 256 g/mol. The standard InChI is InChI=1S/C11H18N2O6/c1-11(2)18-9(16)7(10(17)19-11)8(12-3-5-14)13-4-6-15/h12-15H,3-6H2,1-2H3. The Bertz CT molecular complexity index is 359. The summed E-state index contributed by atoms with van der Waals surface area (Å²) in [5.74, 6) is -2.90. The molecule has 19 heavy (non-hydrogen) atoms. The van der Waals surface area contributed by atoms with Crippen LogP contribution < -0.4 is 10.6 Å². The Morgan fingerprint density at radius 2 is 1.47 bits per heavy atom. The van der Waals surface area contributed by atoms with Crippen LogP contribution in [0.2, 0.25) is 0 Å². The van der Waals surface area contributed by atoms with Crippen LogP contribution in [0, 0.1) is 0 Å². The van der Waals surface area contributed by atoms with Gasteiger partial charge in [0.15, 0.2) is 5.57 Å². The first-order valence-electron chi connectivity index (χ1n) is 5.81. The molecule has 1 aliphatic rings. The number of aliphatic hydroxyl groups is 2. The second-order valence-corrected chi connectivity index (χ2v) is 4.23. The average molecular weight is 274 g/mol. The molecule has 1 rings (SSSR count). The zero-order valence-electron chi connectivity index (χ0n) is 10.9. The second-order valence-electron chi connectivity index (χ2n) is 4.23. The lowest BCUT2D eigenvalue weighted by molar-refractivity contribution is -0.222. The highest BCUT2D eigenvalue weighted by Gasteiger charge is 2.41. The zero-order valence-corrected chi connectivity index (χ0v) is 10.9. The third-order valence-electron chi connectivity index (χ3n) is 2.16. The lowest BCUT2D eigenvalue weighted by atomic mass is 10.2. The Labute approximate surface area is 110 Å². The van der Waals surface area contributed by atoms with E-state index in [1.54, 1.807) is 0 Å². The van der Waals surface area contributed by atoms with Crippen molar-refractivity contribution in [2.45, 2.75) is 19.6 Å². The van der Waals surface area contributed by atoms with E-state index >= 15 is 0 Å². The van der Waals surface area contributed by atoms with Gasteiger partial charge in [0.1, 0.15) is 5.82 Å². The van der Waals surface area contributed by atoms with Crippen LogP contribution in [0.5, 0.6) is 0 Å². The molecular formula is C11H18N2O6. The summed E-state index contributed by atoms with van der Waals surface area (Å²) in [6.45, 7) is 2.77. The van der Waals surface area contributed by atoms with Crippen LogP contribution in [-0.2, 0) is 19.1 Å². The number of cyclic esters (lactones) is 2. The number of ether oxygens (including phenoxy) is 2. The summed E-state index contributed by atoms with van der Waals surface area (Å²) in [5.41, 5.74) is -0.318. The number of esters is 2. The fourth-order valence-electron chi connectivity index (χ4n) is 1.46. The summed E-state index contributed by atoms with van der Waals surface area (Å²) >= 11 is 0. The molecule has 0 aromatic carbocycles. The van der Waals surface area contributed by atoms with E-state index in [0.29, 0.717) is 0 Å². The maximum absolute atomic E-state index is 11.8. The van der Waals surface area contributed by atoms with Crippen LogP contribution in [-0.4, -0.2) is 54.2 Å². The Kier molecular flexibility index (Phi) is 5.13. The molecule has 0 saturated carbocycles. The molecule has 0 atom stereocenters. The molecule has 8 nitrogen and oxygen atoms in total. The van der Waals surface area contributed by atoms with Crippen molar-refractivity contribution in [1.29, 1.82) is 0 Å². The van der Waals surface area contributed by atoms with Gasteiger partial charge in [-0.15, -0.1) is 0 Å². The normalized spacial score (nSPS) is 17.6. The molecule has 0 unspecified atom stereocenters. The number of hydrogen-bond acceptors (Lipinski definition) is 8. The van der Waals surface area contributed by atoms with E-state index < -0.39 is 17.7 Å². The second kappa shape index (κ2) is 6.39. The van der Waals surface area contributed by atoms with E-state index in [-0.39, 0.29) is 37.7 Å². The van der Waals surface area contributed by atoms with Crippen molar-refractivity contribution in [3.8, 4) is 0 Å². The molecule has 0 amide bonds. The van der Waals surface area contributed by atoms with Gasteiger partial charge in [-0.25, -0.2) is 9.59 Å². The fraction of sp³-hybridized carbons (Fsp3) is 0.636. The summed E-state index contributed by atoms with van der Waals surface area (Å²) in [4.78, 5) is 23.6. The lowest BCUT2D eigenvalue weighted by Gasteiger charge is -2.31. The molecule has 4 N–H and O–H groups in total. The molecule has 0 spiro atoms. The first kappa shape index (κ1) is 15.3. The van der Waals surface area contributed by atoms with E-state index in [2.05, 4.69) is 10.6 Å². The van der Waals surface area contributed by atoms with Gasteiger partial charge in [-0.3, -0.25) is 0 Å². The Morgan fingerprint density at radius 3 is 1.84 bits per heavy atom. The van der Waals surface area contributed by atoms with Gasteiger partial charge in [-0.1, -0.05) is 0 Å². The Hall–Kier alpha value is -1.80. The smallest absolute Gasteiger partial charge is 0.352 e. The molecule has 0 radical (unpaired) electrons. The summed E-state index contributed by atoms with van der Waals surface area (Å²) < 4.78 is 9.91. The molecule has 1 fully saturated rings. The molecule has 1 saturated heterocycles. The molecule has 0 aromatic heterocycles. The monoisotopic (exact) mass is 274 g/mol. The van der Waals surface area contributed by atoms with Crippen LogP contribution in [0.15, 0.2) is 11.4 Å². The maximum atomic E-state index is 11.8. The van der Waals surface area contributed by atoms with E-state index in [1.807, 2.05) is 0 Å². The van der Waals surface area contributed by atoms with Crippen molar-refractivity contribution in [2.75, 3.05) is 26.3 Å². The van der Waals surface area contributed by atoms with Crippen LogP contribution >= 0.6 is 0 Å². The SMILES string of the molecule is CC1(C)OC(=O)C(=C(NCCO)NCCO)C(=O)O1. The number of aliphatic hydroxyl groups excluding tert-OH is 2. The molecule has 0 aliphatic carbocycles. The van der Waals surface area contributed by atoms with E-state index in [9.17, 15) is 9.59 Å². The quantitative estimate of drug-likeness (QED) is 0.254. The molecule has 0 aromatic rings. The van der Waals surface area contributed by atoms with Crippen molar-refractivity contribution in [1.82, 2.24) is 10.6 Å². The molecule has 1 heterocycles. The minimum Gasteiger partial charge on any atom is -0.419 e. The van der Waals surface area contributed by atoms with Gasteiger partial charge in [-0.05, 0) is 0 Å². The highest BCUT2D eigenvalue weighted by atomic mass is 16.7. The number of carbonyl (C=O) groups excluding carboxylic acids is 2. The highest BCUT2D eigenvalue weighted by molar-refractivity contribution is 6.15. The van der Waals surface area contributed by atoms with Crippen molar-refractivity contribution in [2.24, 2.45) is 0 Å². The summed E-state index contributed by atoms with van der Waals surface area (Å²) in [5, 5.41) is 22.9.